The van der Waals surface area contributed by atoms with Crippen LogP contribution in [0.5, 0.6) is 0 Å². The van der Waals surface area contributed by atoms with Gasteiger partial charge in [-0.2, -0.15) is 18.2 Å². The molecule has 8 heteroatoms. The van der Waals surface area contributed by atoms with Gasteiger partial charge in [-0.25, -0.2) is 4.98 Å². The standard InChI is InChI=1S/C27H26ClF3N4/c1-16-5-3-8-20(13-16)23-14-22-24(25(34-26(28)33-22)32-17(2)19-6-4-7-19)35(23)15-18-9-11-21(12-10-18)27(29,30)31/h3,5,8-14,17,19H,4,6-7,15H2,1-2H3,(H,32,33,34). The zero-order chi connectivity index (χ0) is 24.7. The lowest BCUT2D eigenvalue weighted by Gasteiger charge is -2.32. The third kappa shape index (κ3) is 4.87. The average Bonchev–Trinajstić information content (AvgIpc) is 3.10. The highest BCUT2D eigenvalue weighted by Crippen LogP contribution is 2.36. The van der Waals surface area contributed by atoms with E-state index in [4.69, 9.17) is 11.6 Å². The first-order valence-corrected chi connectivity index (χ1v) is 12.1. The van der Waals surface area contributed by atoms with Crippen molar-refractivity contribution >= 4 is 28.5 Å². The molecule has 2 heterocycles. The van der Waals surface area contributed by atoms with Gasteiger partial charge in [0.2, 0.25) is 5.28 Å². The van der Waals surface area contributed by atoms with Crippen molar-refractivity contribution in [1.82, 2.24) is 14.5 Å². The molecule has 1 aliphatic carbocycles. The molecule has 4 nitrogen and oxygen atoms in total. The Kier molecular flexibility index (Phi) is 6.21. The Morgan fingerprint density at radius 1 is 1.09 bits per heavy atom. The summed E-state index contributed by atoms with van der Waals surface area (Å²) >= 11 is 6.31. The molecule has 35 heavy (non-hydrogen) atoms. The van der Waals surface area contributed by atoms with Crippen LogP contribution < -0.4 is 5.32 Å². The zero-order valence-electron chi connectivity index (χ0n) is 19.5. The second kappa shape index (κ2) is 9.19. The maximum Gasteiger partial charge on any atom is 0.416 e. The lowest BCUT2D eigenvalue weighted by atomic mass is 9.80. The van der Waals surface area contributed by atoms with Crippen molar-refractivity contribution in [2.24, 2.45) is 5.92 Å². The minimum atomic E-state index is -4.37. The third-order valence-corrected chi connectivity index (χ3v) is 7.04. The molecule has 1 atom stereocenters. The molecule has 1 N–H and O–H groups in total. The summed E-state index contributed by atoms with van der Waals surface area (Å²) in [6.07, 6.45) is -0.780. The number of hydrogen-bond donors (Lipinski definition) is 1. The second-order valence-corrected chi connectivity index (χ2v) is 9.72. The molecule has 1 saturated carbocycles. The molecule has 182 valence electrons. The Bertz CT molecular complexity index is 1360. The van der Waals surface area contributed by atoms with Crippen LogP contribution in [-0.4, -0.2) is 20.6 Å². The number of aryl methyl sites for hydroxylation is 1. The van der Waals surface area contributed by atoms with Gasteiger partial charge in [0.05, 0.1) is 16.8 Å². The van der Waals surface area contributed by atoms with E-state index >= 15 is 0 Å². The Morgan fingerprint density at radius 2 is 1.83 bits per heavy atom. The van der Waals surface area contributed by atoms with E-state index in [1.807, 2.05) is 31.2 Å². The minimum Gasteiger partial charge on any atom is -0.365 e. The van der Waals surface area contributed by atoms with Gasteiger partial charge in [0.1, 0.15) is 5.52 Å². The van der Waals surface area contributed by atoms with Gasteiger partial charge >= 0.3 is 6.18 Å². The van der Waals surface area contributed by atoms with Gasteiger partial charge in [0, 0.05) is 12.6 Å². The first-order valence-electron chi connectivity index (χ1n) is 11.8. The molecule has 0 spiro atoms. The van der Waals surface area contributed by atoms with Crippen LogP contribution in [0.2, 0.25) is 5.28 Å². The molecule has 2 aromatic carbocycles. The predicted molar refractivity (Wildman–Crippen MR) is 134 cm³/mol. The van der Waals surface area contributed by atoms with Gasteiger partial charge < -0.3 is 9.88 Å². The number of aromatic nitrogens is 3. The number of rotatable bonds is 6. The van der Waals surface area contributed by atoms with Crippen molar-refractivity contribution in [3.05, 3.63) is 76.6 Å². The van der Waals surface area contributed by atoms with Crippen molar-refractivity contribution in [3.63, 3.8) is 0 Å². The summed E-state index contributed by atoms with van der Waals surface area (Å²) in [5, 5.41) is 3.71. The topological polar surface area (TPSA) is 42.7 Å². The minimum absolute atomic E-state index is 0.156. The summed E-state index contributed by atoms with van der Waals surface area (Å²) in [6.45, 7) is 4.54. The Labute approximate surface area is 207 Å². The fraction of sp³-hybridized carbons (Fsp3) is 0.333. The van der Waals surface area contributed by atoms with E-state index in [1.165, 1.54) is 31.4 Å². The summed E-state index contributed by atoms with van der Waals surface area (Å²) in [4.78, 5) is 9.01. The van der Waals surface area contributed by atoms with E-state index in [0.717, 1.165) is 40.0 Å². The van der Waals surface area contributed by atoms with Gasteiger partial charge in [-0.1, -0.05) is 42.3 Å². The van der Waals surface area contributed by atoms with Gasteiger partial charge in [-0.3, -0.25) is 0 Å². The van der Waals surface area contributed by atoms with Gasteiger partial charge in [0.25, 0.3) is 0 Å². The number of alkyl halides is 3. The maximum atomic E-state index is 13.1. The van der Waals surface area contributed by atoms with E-state index < -0.39 is 11.7 Å². The molecule has 0 amide bonds. The van der Waals surface area contributed by atoms with Crippen molar-refractivity contribution in [2.45, 2.75) is 51.9 Å². The molecule has 0 radical (unpaired) electrons. The SMILES string of the molecule is Cc1cccc(-c2cc3nc(Cl)nc(NC(C)C4CCC4)c3n2Cc2ccc(C(F)(F)F)cc2)c1. The zero-order valence-corrected chi connectivity index (χ0v) is 20.3. The number of hydrogen-bond acceptors (Lipinski definition) is 3. The van der Waals surface area contributed by atoms with Gasteiger partial charge in [-0.15, -0.1) is 0 Å². The number of fused-ring (bicyclic) bond motifs is 1. The van der Waals surface area contributed by atoms with E-state index in [0.29, 0.717) is 23.8 Å². The molecular weight excluding hydrogens is 473 g/mol. The molecule has 1 fully saturated rings. The molecule has 0 aliphatic heterocycles. The van der Waals surface area contributed by atoms with E-state index in [1.54, 1.807) is 0 Å². The van der Waals surface area contributed by atoms with Gasteiger partial charge in [-0.05, 0) is 79.6 Å². The number of halogens is 4. The summed E-state index contributed by atoms with van der Waals surface area (Å²) in [7, 11) is 0. The lowest BCUT2D eigenvalue weighted by Crippen LogP contribution is -2.31. The first-order chi connectivity index (χ1) is 16.7. The second-order valence-electron chi connectivity index (χ2n) is 9.38. The Hall–Kier alpha value is -3.06. The molecule has 0 saturated heterocycles. The average molecular weight is 499 g/mol. The monoisotopic (exact) mass is 498 g/mol. The highest BCUT2D eigenvalue weighted by molar-refractivity contribution is 6.28. The summed E-state index contributed by atoms with van der Waals surface area (Å²) in [5.41, 5.74) is 4.56. The van der Waals surface area contributed by atoms with Crippen molar-refractivity contribution < 1.29 is 13.2 Å². The molecule has 2 aromatic heterocycles. The van der Waals surface area contributed by atoms with E-state index in [-0.39, 0.29) is 11.3 Å². The Balaban J connectivity index is 1.64. The maximum absolute atomic E-state index is 13.1. The van der Waals surface area contributed by atoms with Crippen LogP contribution in [0.4, 0.5) is 19.0 Å². The quantitative estimate of drug-likeness (QED) is 0.277. The highest BCUT2D eigenvalue weighted by Gasteiger charge is 2.30. The highest BCUT2D eigenvalue weighted by atomic mass is 35.5. The smallest absolute Gasteiger partial charge is 0.365 e. The van der Waals surface area contributed by atoms with E-state index in [9.17, 15) is 13.2 Å². The molecule has 1 aliphatic rings. The van der Waals surface area contributed by atoms with Crippen LogP contribution in [0.25, 0.3) is 22.3 Å². The number of benzene rings is 2. The molecule has 4 aromatic rings. The molecule has 1 unspecified atom stereocenters. The predicted octanol–water partition coefficient (Wildman–Crippen LogP) is 7.73. The number of nitrogens with one attached hydrogen (secondary N) is 1. The van der Waals surface area contributed by atoms with Crippen molar-refractivity contribution in [3.8, 4) is 11.3 Å². The molecule has 5 rings (SSSR count). The summed E-state index contributed by atoms with van der Waals surface area (Å²) in [6, 6.07) is 15.6. The van der Waals surface area contributed by atoms with Gasteiger partial charge in [0.15, 0.2) is 5.82 Å². The number of nitrogens with zero attached hydrogens (tertiary/aromatic N) is 3. The fourth-order valence-corrected chi connectivity index (χ4v) is 4.88. The molecule has 0 bridgehead atoms. The Morgan fingerprint density at radius 3 is 2.46 bits per heavy atom. The van der Waals surface area contributed by atoms with Crippen molar-refractivity contribution in [2.75, 3.05) is 5.32 Å². The van der Waals surface area contributed by atoms with Crippen LogP contribution in [0.1, 0.15) is 42.9 Å². The lowest BCUT2D eigenvalue weighted by molar-refractivity contribution is -0.137. The van der Waals surface area contributed by atoms with Crippen molar-refractivity contribution in [1.29, 1.82) is 0 Å². The molecular formula is C27H26ClF3N4. The van der Waals surface area contributed by atoms with Crippen LogP contribution >= 0.6 is 11.6 Å². The van der Waals surface area contributed by atoms with E-state index in [2.05, 4.69) is 32.8 Å². The first kappa shape index (κ1) is 23.7. The fourth-order valence-electron chi connectivity index (χ4n) is 4.70. The number of anilines is 1. The largest absolute Gasteiger partial charge is 0.416 e. The van der Waals surface area contributed by atoms with Crippen LogP contribution in [0.3, 0.4) is 0 Å². The summed E-state index contributed by atoms with van der Waals surface area (Å²) in [5.74, 6) is 1.22. The van der Waals surface area contributed by atoms with Crippen LogP contribution in [0.15, 0.2) is 54.6 Å². The van der Waals surface area contributed by atoms with Crippen LogP contribution in [0, 0.1) is 12.8 Å². The third-order valence-electron chi connectivity index (χ3n) is 6.87. The normalized spacial score (nSPS) is 15.3. The summed E-state index contributed by atoms with van der Waals surface area (Å²) < 4.78 is 41.4. The van der Waals surface area contributed by atoms with Crippen LogP contribution in [-0.2, 0) is 12.7 Å².